The van der Waals surface area contributed by atoms with Gasteiger partial charge in [-0.2, -0.15) is 0 Å². The number of aliphatic carboxylic acids is 1. The van der Waals surface area contributed by atoms with Crippen molar-refractivity contribution in [1.29, 1.82) is 0 Å². The van der Waals surface area contributed by atoms with Crippen molar-refractivity contribution in [3.63, 3.8) is 0 Å². The Morgan fingerprint density at radius 2 is 1.34 bits per heavy atom. The summed E-state index contributed by atoms with van der Waals surface area (Å²) >= 11 is 0. The highest BCUT2D eigenvalue weighted by Crippen LogP contribution is 2.43. The van der Waals surface area contributed by atoms with Crippen LogP contribution in [0.2, 0.25) is 0 Å². The van der Waals surface area contributed by atoms with Gasteiger partial charge >= 0.3 is 5.97 Å². The van der Waals surface area contributed by atoms with E-state index in [4.69, 9.17) is 4.98 Å². The second-order valence-corrected chi connectivity index (χ2v) is 10.7. The van der Waals surface area contributed by atoms with Crippen molar-refractivity contribution >= 4 is 22.6 Å². The van der Waals surface area contributed by atoms with Crippen LogP contribution in [0.25, 0.3) is 10.8 Å². The number of carbonyl (C=O) groups is 2. The van der Waals surface area contributed by atoms with Crippen molar-refractivity contribution in [3.05, 3.63) is 173 Å². The number of hydrogen-bond acceptors (Lipinski definition) is 4. The number of carboxylic acid groups (broad SMARTS) is 1. The molecule has 0 aliphatic rings. The Bertz CT molecular complexity index is 1840. The molecule has 1 atom stereocenters. The van der Waals surface area contributed by atoms with Crippen LogP contribution in [0.1, 0.15) is 44.7 Å². The van der Waals surface area contributed by atoms with E-state index >= 15 is 0 Å². The third-order valence-corrected chi connectivity index (χ3v) is 8.19. The smallest absolute Gasteiger partial charge is 0.307 e. The first-order valence-corrected chi connectivity index (χ1v) is 14.3. The molecule has 0 bridgehead atoms. The van der Waals surface area contributed by atoms with E-state index in [1.165, 1.54) is 0 Å². The molecule has 7 heteroatoms. The summed E-state index contributed by atoms with van der Waals surface area (Å²) in [4.78, 5) is 29.3. The Morgan fingerprint density at radius 1 is 0.773 bits per heavy atom. The molecular formula is C37H31N3O4. The van der Waals surface area contributed by atoms with E-state index in [-0.39, 0.29) is 11.6 Å². The molecule has 5 aromatic carbocycles. The summed E-state index contributed by atoms with van der Waals surface area (Å²) in [6.45, 7) is 0. The summed E-state index contributed by atoms with van der Waals surface area (Å²) in [5.41, 5.74) is 1.06. The minimum atomic E-state index is -1.99. The highest BCUT2D eigenvalue weighted by atomic mass is 16.4. The van der Waals surface area contributed by atoms with E-state index in [9.17, 15) is 19.8 Å². The molecule has 1 aromatic heterocycles. The van der Waals surface area contributed by atoms with Crippen LogP contribution in [-0.4, -0.2) is 38.7 Å². The number of benzene rings is 5. The number of fused-ring (bicyclic) bond motifs is 1. The van der Waals surface area contributed by atoms with Gasteiger partial charge in [0.05, 0.1) is 18.4 Å². The maximum absolute atomic E-state index is 12.4. The van der Waals surface area contributed by atoms with Gasteiger partial charge in [-0.05, 0) is 45.2 Å². The fourth-order valence-electron chi connectivity index (χ4n) is 6.18. The number of carboxylic acids is 1. The SMILES string of the molecule is CNC(=O)c1ccc2c([C@@](O)(CC(=O)O)c3cn(C(c4ccccc4)(c4ccccc4)c4ccccc4)cn3)cccc2c1. The van der Waals surface area contributed by atoms with Crippen molar-refractivity contribution < 1.29 is 19.8 Å². The number of nitrogens with zero attached hydrogens (tertiary/aromatic N) is 2. The molecule has 0 spiro atoms. The molecule has 0 unspecified atom stereocenters. The predicted octanol–water partition coefficient (Wildman–Crippen LogP) is 5.95. The van der Waals surface area contributed by atoms with Crippen molar-refractivity contribution in [2.75, 3.05) is 7.05 Å². The van der Waals surface area contributed by atoms with Gasteiger partial charge in [-0.15, -0.1) is 0 Å². The summed E-state index contributed by atoms with van der Waals surface area (Å²) < 4.78 is 1.95. The lowest BCUT2D eigenvalue weighted by Crippen LogP contribution is -2.37. The highest BCUT2D eigenvalue weighted by molar-refractivity contribution is 5.99. The Morgan fingerprint density at radius 3 is 1.86 bits per heavy atom. The lowest BCUT2D eigenvalue weighted by atomic mass is 9.76. The molecule has 1 heterocycles. The van der Waals surface area contributed by atoms with Gasteiger partial charge in [-0.1, -0.05) is 115 Å². The number of carbonyl (C=O) groups excluding carboxylic acids is 1. The van der Waals surface area contributed by atoms with Crippen molar-refractivity contribution in [2.24, 2.45) is 0 Å². The third-order valence-electron chi connectivity index (χ3n) is 8.19. The van der Waals surface area contributed by atoms with Crippen molar-refractivity contribution in [1.82, 2.24) is 14.9 Å². The first-order valence-electron chi connectivity index (χ1n) is 14.3. The first kappa shape index (κ1) is 28.6. The minimum Gasteiger partial charge on any atom is -0.481 e. The minimum absolute atomic E-state index is 0.190. The zero-order chi connectivity index (χ0) is 30.7. The fourth-order valence-corrected chi connectivity index (χ4v) is 6.18. The van der Waals surface area contributed by atoms with Gasteiger partial charge < -0.3 is 20.1 Å². The van der Waals surface area contributed by atoms with E-state index in [1.807, 2.05) is 65.2 Å². The van der Waals surface area contributed by atoms with Crippen molar-refractivity contribution in [2.45, 2.75) is 17.6 Å². The second kappa shape index (κ2) is 11.6. The number of hydrogen-bond donors (Lipinski definition) is 3. The van der Waals surface area contributed by atoms with Crippen LogP contribution in [0.15, 0.2) is 140 Å². The zero-order valence-corrected chi connectivity index (χ0v) is 24.1. The number of imidazole rings is 1. The molecule has 7 nitrogen and oxygen atoms in total. The monoisotopic (exact) mass is 581 g/mol. The molecule has 6 rings (SSSR count). The summed E-state index contributed by atoms with van der Waals surface area (Å²) in [5, 5.41) is 26.4. The Hall–Kier alpha value is -5.53. The van der Waals surface area contributed by atoms with Gasteiger partial charge in [0.1, 0.15) is 11.1 Å². The number of aliphatic hydroxyl groups is 1. The fraction of sp³-hybridized carbons (Fsp3) is 0.108. The molecule has 0 aliphatic heterocycles. The largest absolute Gasteiger partial charge is 0.481 e. The molecule has 44 heavy (non-hydrogen) atoms. The van der Waals surface area contributed by atoms with Gasteiger partial charge in [-0.25, -0.2) is 4.98 Å². The lowest BCUT2D eigenvalue weighted by molar-refractivity contribution is -0.141. The molecule has 6 aromatic rings. The van der Waals surface area contributed by atoms with E-state index in [0.29, 0.717) is 21.9 Å². The van der Waals surface area contributed by atoms with Crippen molar-refractivity contribution in [3.8, 4) is 0 Å². The number of amides is 1. The molecule has 0 fully saturated rings. The number of aromatic nitrogens is 2. The molecule has 1 amide bonds. The highest BCUT2D eigenvalue weighted by Gasteiger charge is 2.42. The maximum atomic E-state index is 12.4. The summed E-state index contributed by atoms with van der Waals surface area (Å²) in [5.74, 6) is -1.42. The Balaban J connectivity index is 1.60. The van der Waals surface area contributed by atoms with Crippen LogP contribution < -0.4 is 5.32 Å². The Labute approximate surface area is 255 Å². The van der Waals surface area contributed by atoms with Crippen LogP contribution in [0.3, 0.4) is 0 Å². The molecule has 0 radical (unpaired) electrons. The summed E-state index contributed by atoms with van der Waals surface area (Å²) in [6, 6.07) is 40.5. The number of rotatable bonds is 9. The van der Waals surface area contributed by atoms with E-state index < -0.39 is 23.5 Å². The lowest BCUT2D eigenvalue weighted by Gasteiger charge is -2.37. The zero-order valence-electron chi connectivity index (χ0n) is 24.1. The van der Waals surface area contributed by atoms with Crippen LogP contribution in [-0.2, 0) is 15.9 Å². The van der Waals surface area contributed by atoms with Crippen LogP contribution in [0, 0.1) is 0 Å². The molecule has 0 saturated heterocycles. The maximum Gasteiger partial charge on any atom is 0.307 e. The standard InChI is InChI=1S/C37H31N3O4/c1-38-35(43)27-20-21-31-26(22-27)12-11-19-32(31)36(44,23-34(41)42)33-24-40(25-39-33)37(28-13-5-2-6-14-28,29-15-7-3-8-16-29)30-17-9-4-10-18-30/h2-22,24-25,44H,23H2,1H3,(H,38,43)(H,41,42)/t36-/m0/s1. The van der Waals surface area contributed by atoms with Gasteiger partial charge in [-0.3, -0.25) is 9.59 Å². The number of nitrogens with one attached hydrogen (secondary N) is 1. The van der Waals surface area contributed by atoms with Gasteiger partial charge in [0.2, 0.25) is 0 Å². The normalized spacial score (nSPS) is 12.9. The predicted molar refractivity (Wildman–Crippen MR) is 169 cm³/mol. The van der Waals surface area contributed by atoms with Gasteiger partial charge in [0, 0.05) is 18.8 Å². The van der Waals surface area contributed by atoms with E-state index in [2.05, 4.69) is 41.7 Å². The van der Waals surface area contributed by atoms with Gasteiger partial charge in [0.15, 0.2) is 0 Å². The summed E-state index contributed by atoms with van der Waals surface area (Å²) in [7, 11) is 1.56. The topological polar surface area (TPSA) is 104 Å². The van der Waals surface area contributed by atoms with E-state index in [0.717, 1.165) is 16.7 Å². The third kappa shape index (κ3) is 4.83. The van der Waals surface area contributed by atoms with Crippen LogP contribution in [0.5, 0.6) is 0 Å². The van der Waals surface area contributed by atoms with Gasteiger partial charge in [0.25, 0.3) is 5.91 Å². The van der Waals surface area contributed by atoms with Crippen LogP contribution in [0.4, 0.5) is 0 Å². The molecular weight excluding hydrogens is 550 g/mol. The molecule has 218 valence electrons. The second-order valence-electron chi connectivity index (χ2n) is 10.7. The Kier molecular flexibility index (Phi) is 7.55. The first-order chi connectivity index (χ1) is 21.4. The van der Waals surface area contributed by atoms with Crippen LogP contribution >= 0.6 is 0 Å². The summed E-state index contributed by atoms with van der Waals surface area (Å²) in [6.07, 6.45) is 2.78. The average Bonchev–Trinajstić information content (AvgIpc) is 3.57. The molecule has 3 N–H and O–H groups in total. The molecule has 0 aliphatic carbocycles. The average molecular weight is 582 g/mol. The quantitative estimate of drug-likeness (QED) is 0.183. The molecule has 0 saturated carbocycles. The van der Waals surface area contributed by atoms with E-state index in [1.54, 1.807) is 49.9 Å².